The van der Waals surface area contributed by atoms with Crippen molar-refractivity contribution in [3.63, 3.8) is 0 Å². The second kappa shape index (κ2) is 6.01. The first kappa shape index (κ1) is 16.8. The molecule has 1 aromatic rings. The van der Waals surface area contributed by atoms with Crippen LogP contribution in [0, 0.1) is 0 Å². The Morgan fingerprint density at radius 3 is 2.40 bits per heavy atom. The summed E-state index contributed by atoms with van der Waals surface area (Å²) >= 11 is 0. The molecule has 1 aliphatic rings. The minimum Gasteiger partial charge on any atom is -0.350 e. The second-order valence-corrected chi connectivity index (χ2v) is 4.94. The molecule has 1 fully saturated rings. The van der Waals surface area contributed by atoms with E-state index in [0.29, 0.717) is 0 Å². The third-order valence-corrected chi connectivity index (χ3v) is 3.43. The molecular weight excluding hydrogens is 293 g/mol. The molecule has 0 radical (unpaired) electrons. The van der Waals surface area contributed by atoms with Crippen LogP contribution in [-0.4, -0.2) is 18.0 Å². The Labute approximate surface area is 121 Å². The first-order valence-corrected chi connectivity index (χ1v) is 6.05. The highest BCUT2D eigenvalue weighted by molar-refractivity contribution is 5.95. The number of nitrogens with two attached hydrogens (primary N) is 1. The minimum atomic E-state index is -4.54. The molecule has 0 bridgehead atoms. The van der Waals surface area contributed by atoms with Crippen LogP contribution in [-0.2, 0) is 6.18 Å². The quantitative estimate of drug-likeness (QED) is 0.902. The molecule has 3 N–H and O–H groups in total. The van der Waals surface area contributed by atoms with Crippen LogP contribution in [0.2, 0.25) is 0 Å². The van der Waals surface area contributed by atoms with Gasteiger partial charge in [-0.3, -0.25) is 4.79 Å². The molecule has 2 rings (SSSR count). The minimum absolute atomic E-state index is 0. The van der Waals surface area contributed by atoms with E-state index in [0.717, 1.165) is 25.3 Å². The lowest BCUT2D eigenvalue weighted by atomic mass is 9.78. The van der Waals surface area contributed by atoms with Crippen molar-refractivity contribution in [3.8, 4) is 0 Å². The van der Waals surface area contributed by atoms with E-state index in [-0.39, 0.29) is 24.5 Å². The molecule has 1 saturated carbocycles. The number of nitrogens with one attached hydrogen (secondary N) is 1. The first-order valence-electron chi connectivity index (χ1n) is 6.05. The molecule has 0 unspecified atom stereocenters. The Kier molecular flexibility index (Phi) is 5.05. The van der Waals surface area contributed by atoms with Gasteiger partial charge in [-0.1, -0.05) is 12.1 Å². The van der Waals surface area contributed by atoms with Crippen LogP contribution in [0.4, 0.5) is 13.2 Å². The molecule has 0 aliphatic heterocycles. The predicted molar refractivity (Wildman–Crippen MR) is 71.8 cm³/mol. The van der Waals surface area contributed by atoms with Gasteiger partial charge in [-0.2, -0.15) is 13.2 Å². The average Bonchev–Trinajstić information content (AvgIpc) is 2.32. The highest BCUT2D eigenvalue weighted by Crippen LogP contribution is 2.32. The van der Waals surface area contributed by atoms with Crippen LogP contribution >= 0.6 is 12.4 Å². The molecular formula is C13H16ClF3N2O. The third-order valence-electron chi connectivity index (χ3n) is 3.43. The van der Waals surface area contributed by atoms with E-state index >= 15 is 0 Å². The van der Waals surface area contributed by atoms with Gasteiger partial charge in [-0.25, -0.2) is 0 Å². The SMILES string of the molecule is Cl.NC1(CNC(=O)c2ccccc2C(F)(F)F)CCC1. The Bertz CT molecular complexity index is 487. The monoisotopic (exact) mass is 308 g/mol. The lowest BCUT2D eigenvalue weighted by molar-refractivity contribution is -0.137. The lowest BCUT2D eigenvalue weighted by Crippen LogP contribution is -2.55. The summed E-state index contributed by atoms with van der Waals surface area (Å²) in [6.45, 7) is 0.206. The number of hydrogen-bond donors (Lipinski definition) is 2. The van der Waals surface area contributed by atoms with Crippen LogP contribution < -0.4 is 11.1 Å². The zero-order valence-corrected chi connectivity index (χ0v) is 11.5. The topological polar surface area (TPSA) is 55.1 Å². The zero-order valence-electron chi connectivity index (χ0n) is 10.7. The number of carbonyl (C=O) groups excluding carboxylic acids is 1. The van der Waals surface area contributed by atoms with E-state index in [2.05, 4.69) is 5.32 Å². The van der Waals surface area contributed by atoms with Crippen molar-refractivity contribution in [1.82, 2.24) is 5.32 Å². The van der Waals surface area contributed by atoms with Gasteiger partial charge >= 0.3 is 6.18 Å². The number of alkyl halides is 3. The van der Waals surface area contributed by atoms with Gasteiger partial charge in [0.15, 0.2) is 0 Å². The van der Waals surface area contributed by atoms with Crippen LogP contribution in [0.25, 0.3) is 0 Å². The van der Waals surface area contributed by atoms with Crippen LogP contribution in [0.5, 0.6) is 0 Å². The number of carbonyl (C=O) groups is 1. The standard InChI is InChI=1S/C13H15F3N2O.ClH/c14-13(15,16)10-5-2-1-4-9(10)11(19)18-8-12(17)6-3-7-12;/h1-2,4-5H,3,6-8,17H2,(H,18,19);1H. The normalized spacial score (nSPS) is 16.8. The molecule has 0 spiro atoms. The molecule has 20 heavy (non-hydrogen) atoms. The van der Waals surface area contributed by atoms with Crippen molar-refractivity contribution in [2.24, 2.45) is 5.73 Å². The van der Waals surface area contributed by atoms with Crippen LogP contribution in [0.15, 0.2) is 24.3 Å². The van der Waals surface area contributed by atoms with E-state index < -0.39 is 23.2 Å². The summed E-state index contributed by atoms with van der Waals surface area (Å²) in [4.78, 5) is 11.8. The largest absolute Gasteiger partial charge is 0.417 e. The zero-order chi connectivity index (χ0) is 14.1. The summed E-state index contributed by atoms with van der Waals surface area (Å²) in [5.74, 6) is -0.732. The van der Waals surface area contributed by atoms with Gasteiger partial charge in [0.1, 0.15) is 0 Å². The summed E-state index contributed by atoms with van der Waals surface area (Å²) < 4.78 is 38.3. The fourth-order valence-corrected chi connectivity index (χ4v) is 2.09. The van der Waals surface area contributed by atoms with Gasteiger partial charge in [0.05, 0.1) is 11.1 Å². The molecule has 3 nitrogen and oxygen atoms in total. The van der Waals surface area contributed by atoms with Crippen LogP contribution in [0.3, 0.4) is 0 Å². The van der Waals surface area contributed by atoms with Gasteiger partial charge in [-0.05, 0) is 31.4 Å². The summed E-state index contributed by atoms with van der Waals surface area (Å²) in [5.41, 5.74) is 4.17. The molecule has 1 aromatic carbocycles. The van der Waals surface area contributed by atoms with E-state index in [4.69, 9.17) is 5.73 Å². The fraction of sp³-hybridized carbons (Fsp3) is 0.462. The third kappa shape index (κ3) is 3.64. The van der Waals surface area contributed by atoms with Gasteiger partial charge in [0.2, 0.25) is 0 Å². The number of hydrogen-bond acceptors (Lipinski definition) is 2. The molecule has 1 aliphatic carbocycles. The Hall–Kier alpha value is -1.27. The highest BCUT2D eigenvalue weighted by atomic mass is 35.5. The van der Waals surface area contributed by atoms with Crippen molar-refractivity contribution >= 4 is 18.3 Å². The molecule has 1 amide bonds. The summed E-state index contributed by atoms with van der Waals surface area (Å²) in [6.07, 6.45) is -1.97. The van der Waals surface area contributed by atoms with Gasteiger partial charge in [0, 0.05) is 12.1 Å². The van der Waals surface area contributed by atoms with Crippen molar-refractivity contribution in [2.45, 2.75) is 31.0 Å². The fourth-order valence-electron chi connectivity index (χ4n) is 2.09. The van der Waals surface area contributed by atoms with Crippen molar-refractivity contribution in [2.75, 3.05) is 6.54 Å². The summed E-state index contributed by atoms with van der Waals surface area (Å²) in [6, 6.07) is 4.74. The van der Waals surface area contributed by atoms with Crippen molar-refractivity contribution < 1.29 is 18.0 Å². The first-order chi connectivity index (χ1) is 8.82. The highest BCUT2D eigenvalue weighted by Gasteiger charge is 2.36. The number of amides is 1. The lowest BCUT2D eigenvalue weighted by Gasteiger charge is -2.38. The smallest absolute Gasteiger partial charge is 0.350 e. The average molecular weight is 309 g/mol. The van der Waals surface area contributed by atoms with Gasteiger partial charge in [0.25, 0.3) is 5.91 Å². The number of rotatable bonds is 3. The summed E-state index contributed by atoms with van der Waals surface area (Å²) in [5, 5.41) is 2.49. The Morgan fingerprint density at radius 2 is 1.90 bits per heavy atom. The number of benzene rings is 1. The van der Waals surface area contributed by atoms with Gasteiger partial charge in [-0.15, -0.1) is 12.4 Å². The maximum Gasteiger partial charge on any atom is 0.417 e. The van der Waals surface area contributed by atoms with Gasteiger partial charge < -0.3 is 11.1 Å². The number of halogens is 4. The summed E-state index contributed by atoms with van der Waals surface area (Å²) in [7, 11) is 0. The van der Waals surface area contributed by atoms with Crippen molar-refractivity contribution in [3.05, 3.63) is 35.4 Å². The predicted octanol–water partition coefficient (Wildman–Crippen LogP) is 2.74. The van der Waals surface area contributed by atoms with Crippen molar-refractivity contribution in [1.29, 1.82) is 0 Å². The Morgan fingerprint density at radius 1 is 1.30 bits per heavy atom. The maximum atomic E-state index is 12.8. The molecule has 0 heterocycles. The molecule has 0 saturated heterocycles. The second-order valence-electron chi connectivity index (χ2n) is 4.94. The van der Waals surface area contributed by atoms with Crippen LogP contribution in [0.1, 0.15) is 35.2 Å². The molecule has 0 atom stereocenters. The van der Waals surface area contributed by atoms with E-state index in [1.165, 1.54) is 18.2 Å². The van der Waals surface area contributed by atoms with E-state index in [9.17, 15) is 18.0 Å². The maximum absolute atomic E-state index is 12.8. The molecule has 112 valence electrons. The Balaban J connectivity index is 0.00000200. The molecule has 0 aromatic heterocycles. The van der Waals surface area contributed by atoms with E-state index in [1.54, 1.807) is 0 Å². The molecule has 7 heteroatoms. The van der Waals surface area contributed by atoms with E-state index in [1.807, 2.05) is 0 Å².